The smallest absolute Gasteiger partial charge is 0.298 e. The molecule has 2 aromatic heterocycles. The van der Waals surface area contributed by atoms with Crippen molar-refractivity contribution < 1.29 is 9.53 Å². The van der Waals surface area contributed by atoms with E-state index in [0.717, 1.165) is 47.5 Å². The second kappa shape index (κ2) is 8.92. The molecule has 32 heavy (non-hydrogen) atoms. The fourth-order valence-electron chi connectivity index (χ4n) is 4.28. The number of fused-ring (bicyclic) bond motifs is 1. The Kier molecular flexibility index (Phi) is 6.05. The number of carbonyl (C=O) groups excluding carboxylic acids is 1. The molecule has 0 aliphatic carbocycles. The molecule has 1 atom stereocenters. The number of aryl methyl sites for hydroxylation is 2. The van der Waals surface area contributed by atoms with Crippen molar-refractivity contribution in [1.29, 1.82) is 0 Å². The summed E-state index contributed by atoms with van der Waals surface area (Å²) in [4.78, 5) is 22.4. The van der Waals surface area contributed by atoms with E-state index >= 15 is 0 Å². The number of nitrogens with zero attached hydrogens (tertiary/aromatic N) is 5. The molecule has 1 aliphatic heterocycles. The van der Waals surface area contributed by atoms with Crippen molar-refractivity contribution in [2.75, 3.05) is 25.9 Å². The number of nitrogens with two attached hydrogens (primary N) is 1. The topological polar surface area (TPSA) is 99.2 Å². The molecule has 3 aromatic rings. The highest BCUT2D eigenvalue weighted by Gasteiger charge is 2.27. The van der Waals surface area contributed by atoms with E-state index in [1.165, 1.54) is 6.33 Å². The molecule has 0 spiro atoms. The number of carbonyl (C=O) groups is 1. The molecule has 0 bridgehead atoms. The van der Waals surface area contributed by atoms with Crippen molar-refractivity contribution in [2.24, 2.45) is 0 Å². The Morgan fingerprint density at radius 2 is 2.03 bits per heavy atom. The molecular formula is C24H28N6O2. The summed E-state index contributed by atoms with van der Waals surface area (Å²) in [6.45, 7) is 8.14. The molecule has 4 rings (SSSR count). The van der Waals surface area contributed by atoms with E-state index in [0.29, 0.717) is 29.1 Å². The molecule has 2 N–H and O–H groups in total. The van der Waals surface area contributed by atoms with Crippen LogP contribution in [0, 0.1) is 13.8 Å². The lowest BCUT2D eigenvalue weighted by Crippen LogP contribution is -2.25. The summed E-state index contributed by atoms with van der Waals surface area (Å²) in [6.07, 6.45) is 4.49. The normalized spacial score (nSPS) is 16.4. The summed E-state index contributed by atoms with van der Waals surface area (Å²) in [5.41, 5.74) is 11.7. The largest absolute Gasteiger partial charge is 0.430 e. The van der Waals surface area contributed by atoms with Crippen LogP contribution in [0.1, 0.15) is 36.2 Å². The van der Waals surface area contributed by atoms with Crippen LogP contribution in [-0.2, 0) is 9.53 Å². The third kappa shape index (κ3) is 3.89. The molecule has 0 fully saturated rings. The Bertz CT molecular complexity index is 1230. The van der Waals surface area contributed by atoms with Crippen LogP contribution < -0.4 is 5.73 Å². The highest BCUT2D eigenvalue weighted by Crippen LogP contribution is 2.38. The molecule has 1 aliphatic rings. The van der Waals surface area contributed by atoms with Gasteiger partial charge in [-0.3, -0.25) is 4.79 Å². The van der Waals surface area contributed by atoms with Crippen LogP contribution >= 0.6 is 0 Å². The first-order valence-electron chi connectivity index (χ1n) is 10.7. The second-order valence-electron chi connectivity index (χ2n) is 8.17. The van der Waals surface area contributed by atoms with Crippen molar-refractivity contribution in [3.63, 3.8) is 0 Å². The number of nitrogen functional groups attached to an aromatic ring is 1. The lowest BCUT2D eigenvalue weighted by atomic mass is 9.88. The molecule has 0 radical (unpaired) electrons. The lowest BCUT2D eigenvalue weighted by molar-refractivity contribution is -0.125. The van der Waals surface area contributed by atoms with E-state index in [9.17, 15) is 4.79 Å². The van der Waals surface area contributed by atoms with E-state index in [2.05, 4.69) is 52.1 Å². The van der Waals surface area contributed by atoms with E-state index in [1.54, 1.807) is 4.68 Å². The van der Waals surface area contributed by atoms with Crippen LogP contribution in [0.2, 0.25) is 0 Å². The second-order valence-corrected chi connectivity index (χ2v) is 8.17. The van der Waals surface area contributed by atoms with Gasteiger partial charge in [-0.05, 0) is 50.9 Å². The number of likely N-dealkylation sites (N-methyl/N-ethyl adjacent to an activating group) is 1. The van der Waals surface area contributed by atoms with Gasteiger partial charge in [-0.25, -0.2) is 14.6 Å². The third-order valence-electron chi connectivity index (χ3n) is 6.01. The summed E-state index contributed by atoms with van der Waals surface area (Å²) >= 11 is 0. The molecule has 1 unspecified atom stereocenters. The molecular weight excluding hydrogens is 404 g/mol. The monoisotopic (exact) mass is 432 g/mol. The Balaban J connectivity index is 1.97. The Hall–Kier alpha value is -3.52. The van der Waals surface area contributed by atoms with Gasteiger partial charge in [0.25, 0.3) is 6.47 Å². The third-order valence-corrected chi connectivity index (χ3v) is 6.01. The molecule has 1 aromatic carbocycles. The maximum Gasteiger partial charge on any atom is 0.298 e. The standard InChI is InChI=1S/C24H28N6O2/c1-15-7-5-6-8-19(15)21(18-9-11-29(4)12-10-18)22(32-14-31)17(3)30-24-20(16(2)28-30)23(25)26-13-27-24/h5-9,13-14,17H,10-12H2,1-4H3,(H2,25,26,27)/b22-21-. The zero-order chi connectivity index (χ0) is 22.8. The van der Waals surface area contributed by atoms with Crippen LogP contribution in [0.25, 0.3) is 16.6 Å². The Morgan fingerprint density at radius 3 is 2.72 bits per heavy atom. The van der Waals surface area contributed by atoms with Gasteiger partial charge in [0, 0.05) is 18.7 Å². The van der Waals surface area contributed by atoms with Crippen LogP contribution in [0.3, 0.4) is 0 Å². The predicted octanol–water partition coefficient (Wildman–Crippen LogP) is 3.43. The van der Waals surface area contributed by atoms with Crippen LogP contribution in [0.5, 0.6) is 0 Å². The number of ether oxygens (including phenoxy) is 1. The highest BCUT2D eigenvalue weighted by atomic mass is 16.5. The van der Waals surface area contributed by atoms with Gasteiger partial charge >= 0.3 is 0 Å². The first kappa shape index (κ1) is 21.7. The van der Waals surface area contributed by atoms with Crippen LogP contribution in [0.4, 0.5) is 5.82 Å². The van der Waals surface area contributed by atoms with Crippen LogP contribution in [0.15, 0.2) is 48.0 Å². The minimum atomic E-state index is -0.402. The van der Waals surface area contributed by atoms with Crippen molar-refractivity contribution in [1.82, 2.24) is 24.6 Å². The lowest BCUT2D eigenvalue weighted by Gasteiger charge is -2.27. The average molecular weight is 433 g/mol. The van der Waals surface area contributed by atoms with Gasteiger partial charge in [-0.1, -0.05) is 30.3 Å². The van der Waals surface area contributed by atoms with E-state index in [4.69, 9.17) is 10.5 Å². The Labute approximate surface area is 187 Å². The summed E-state index contributed by atoms with van der Waals surface area (Å²) in [7, 11) is 2.10. The first-order valence-corrected chi connectivity index (χ1v) is 10.7. The first-order chi connectivity index (χ1) is 15.4. The maximum atomic E-state index is 11.7. The number of allylic oxidation sites excluding steroid dienone is 2. The number of hydrogen-bond acceptors (Lipinski definition) is 7. The van der Waals surface area contributed by atoms with Gasteiger partial charge in [0.05, 0.1) is 11.1 Å². The molecule has 0 saturated heterocycles. The molecule has 166 valence electrons. The summed E-state index contributed by atoms with van der Waals surface area (Å²) < 4.78 is 7.47. The van der Waals surface area contributed by atoms with Gasteiger partial charge in [-0.2, -0.15) is 5.10 Å². The van der Waals surface area contributed by atoms with E-state index in [1.807, 2.05) is 26.0 Å². The molecule has 8 heteroatoms. The van der Waals surface area contributed by atoms with Crippen molar-refractivity contribution in [3.05, 3.63) is 64.8 Å². The van der Waals surface area contributed by atoms with Crippen molar-refractivity contribution >= 4 is 28.9 Å². The molecule has 0 amide bonds. The fraction of sp³-hybridized carbons (Fsp3) is 0.333. The minimum Gasteiger partial charge on any atom is -0.430 e. The maximum absolute atomic E-state index is 11.7. The SMILES string of the molecule is Cc1ccccc1/C(C1=CCN(C)CC1)=C(\OC=O)C(C)n1nc(C)c2c(N)ncnc21. The predicted molar refractivity (Wildman–Crippen MR) is 125 cm³/mol. The quantitative estimate of drug-likeness (QED) is 0.470. The van der Waals surface area contributed by atoms with Gasteiger partial charge in [0.2, 0.25) is 0 Å². The van der Waals surface area contributed by atoms with Gasteiger partial charge in [0.15, 0.2) is 5.65 Å². The van der Waals surface area contributed by atoms with Gasteiger partial charge < -0.3 is 15.4 Å². The Morgan fingerprint density at radius 1 is 1.25 bits per heavy atom. The van der Waals surface area contributed by atoms with Gasteiger partial charge in [0.1, 0.15) is 23.9 Å². The summed E-state index contributed by atoms with van der Waals surface area (Å²) in [5, 5.41) is 5.39. The number of anilines is 1. The zero-order valence-electron chi connectivity index (χ0n) is 18.9. The van der Waals surface area contributed by atoms with E-state index < -0.39 is 6.04 Å². The number of aromatic nitrogens is 4. The van der Waals surface area contributed by atoms with Crippen molar-refractivity contribution in [2.45, 2.75) is 33.2 Å². The zero-order valence-corrected chi connectivity index (χ0v) is 18.9. The molecule has 0 saturated carbocycles. The average Bonchev–Trinajstić information content (AvgIpc) is 3.13. The number of benzene rings is 1. The summed E-state index contributed by atoms with van der Waals surface area (Å²) in [5.74, 6) is 0.914. The van der Waals surface area contributed by atoms with Crippen LogP contribution in [-0.4, -0.2) is 51.3 Å². The molecule has 8 nitrogen and oxygen atoms in total. The fourth-order valence-corrected chi connectivity index (χ4v) is 4.28. The van der Waals surface area contributed by atoms with Crippen molar-refractivity contribution in [3.8, 4) is 0 Å². The number of rotatable bonds is 6. The van der Waals surface area contributed by atoms with E-state index in [-0.39, 0.29) is 0 Å². The minimum absolute atomic E-state index is 0.380. The highest BCUT2D eigenvalue weighted by molar-refractivity contribution is 5.88. The molecule has 3 heterocycles. The van der Waals surface area contributed by atoms with Gasteiger partial charge in [-0.15, -0.1) is 0 Å². The number of hydrogen-bond donors (Lipinski definition) is 1. The summed E-state index contributed by atoms with van der Waals surface area (Å²) in [6, 6.07) is 7.74.